The Morgan fingerprint density at radius 1 is 1.43 bits per heavy atom. The van der Waals surface area contributed by atoms with E-state index in [9.17, 15) is 14.9 Å². The lowest BCUT2D eigenvalue weighted by Crippen LogP contribution is -2.52. The van der Waals surface area contributed by atoms with E-state index in [2.05, 4.69) is 16.4 Å². The SMILES string of the molecule is COc1ccc2[nH]cc(CC(NC(=O)OC(C)(C)C)C(=O)N3CSCC3C#N)c2c1. The molecule has 8 nitrogen and oxygen atoms in total. The fraction of sp³-hybridized carbons (Fsp3) is 0.476. The highest BCUT2D eigenvalue weighted by Gasteiger charge is 2.35. The molecule has 2 atom stereocenters. The zero-order valence-corrected chi connectivity index (χ0v) is 18.3. The van der Waals surface area contributed by atoms with E-state index in [1.807, 2.05) is 24.4 Å². The van der Waals surface area contributed by atoms with Gasteiger partial charge in [0.05, 0.1) is 19.1 Å². The van der Waals surface area contributed by atoms with Crippen molar-refractivity contribution in [3.8, 4) is 11.8 Å². The van der Waals surface area contributed by atoms with Crippen LogP contribution in [-0.4, -0.2) is 58.3 Å². The summed E-state index contributed by atoms with van der Waals surface area (Å²) >= 11 is 1.52. The van der Waals surface area contributed by atoms with Crippen molar-refractivity contribution in [1.82, 2.24) is 15.2 Å². The van der Waals surface area contributed by atoms with Gasteiger partial charge >= 0.3 is 6.09 Å². The van der Waals surface area contributed by atoms with Gasteiger partial charge in [0, 0.05) is 29.3 Å². The number of aromatic nitrogens is 1. The molecule has 1 fully saturated rings. The fourth-order valence-electron chi connectivity index (χ4n) is 3.29. The van der Waals surface area contributed by atoms with E-state index in [-0.39, 0.29) is 12.3 Å². The van der Waals surface area contributed by atoms with Gasteiger partial charge in [-0.2, -0.15) is 5.26 Å². The maximum atomic E-state index is 13.3. The third-order valence-electron chi connectivity index (χ3n) is 4.70. The van der Waals surface area contributed by atoms with Gasteiger partial charge in [-0.05, 0) is 44.5 Å². The molecule has 160 valence electrons. The molecule has 1 aliphatic rings. The minimum Gasteiger partial charge on any atom is -0.497 e. The number of amides is 2. The molecule has 1 aromatic heterocycles. The molecule has 1 saturated heterocycles. The minimum atomic E-state index is -0.861. The molecule has 0 spiro atoms. The number of hydrogen-bond donors (Lipinski definition) is 2. The molecular weight excluding hydrogens is 404 g/mol. The monoisotopic (exact) mass is 430 g/mol. The Bertz CT molecular complexity index is 976. The molecule has 2 unspecified atom stereocenters. The van der Waals surface area contributed by atoms with E-state index in [0.717, 1.165) is 16.5 Å². The number of H-pyrrole nitrogens is 1. The van der Waals surface area contributed by atoms with E-state index in [1.54, 1.807) is 27.9 Å². The minimum absolute atomic E-state index is 0.255. The molecule has 2 N–H and O–H groups in total. The van der Waals surface area contributed by atoms with Crippen LogP contribution in [0.2, 0.25) is 0 Å². The Labute approximate surface area is 179 Å². The highest BCUT2D eigenvalue weighted by Crippen LogP contribution is 2.26. The number of methoxy groups -OCH3 is 1. The molecule has 2 amide bonds. The maximum absolute atomic E-state index is 13.3. The molecule has 0 saturated carbocycles. The third-order valence-corrected chi connectivity index (χ3v) is 5.71. The van der Waals surface area contributed by atoms with Gasteiger partial charge in [-0.1, -0.05) is 0 Å². The van der Waals surface area contributed by atoms with Crippen LogP contribution in [0.5, 0.6) is 5.75 Å². The van der Waals surface area contributed by atoms with Crippen molar-refractivity contribution in [2.24, 2.45) is 0 Å². The van der Waals surface area contributed by atoms with Crippen molar-refractivity contribution in [1.29, 1.82) is 5.26 Å². The molecule has 2 aromatic rings. The smallest absolute Gasteiger partial charge is 0.408 e. The van der Waals surface area contributed by atoms with Crippen molar-refractivity contribution in [3.05, 3.63) is 30.0 Å². The number of benzene rings is 1. The van der Waals surface area contributed by atoms with Crippen LogP contribution in [0.1, 0.15) is 26.3 Å². The summed E-state index contributed by atoms with van der Waals surface area (Å²) < 4.78 is 10.7. The van der Waals surface area contributed by atoms with Crippen LogP contribution in [0.3, 0.4) is 0 Å². The standard InChI is InChI=1S/C21H26N4O4S/c1-21(2,3)29-20(27)24-18(19(26)25-12-30-11-14(25)9-22)7-13-10-23-17-6-5-15(28-4)8-16(13)17/h5-6,8,10,14,18,23H,7,11-12H2,1-4H3,(H,24,27). The van der Waals surface area contributed by atoms with Crippen molar-refractivity contribution in [2.75, 3.05) is 18.7 Å². The second kappa shape index (κ2) is 8.88. The molecular formula is C21H26N4O4S. The summed E-state index contributed by atoms with van der Waals surface area (Å²) in [6.45, 7) is 5.29. The van der Waals surface area contributed by atoms with Gasteiger partial charge in [-0.25, -0.2) is 4.79 Å². The van der Waals surface area contributed by atoms with E-state index >= 15 is 0 Å². The van der Waals surface area contributed by atoms with E-state index < -0.39 is 23.8 Å². The Morgan fingerprint density at radius 3 is 2.87 bits per heavy atom. The Balaban J connectivity index is 1.88. The lowest BCUT2D eigenvalue weighted by Gasteiger charge is -2.27. The van der Waals surface area contributed by atoms with Crippen LogP contribution < -0.4 is 10.1 Å². The highest BCUT2D eigenvalue weighted by molar-refractivity contribution is 7.99. The van der Waals surface area contributed by atoms with Crippen molar-refractivity contribution in [3.63, 3.8) is 0 Å². The average molecular weight is 431 g/mol. The molecule has 2 heterocycles. The molecule has 0 aliphatic carbocycles. The number of aromatic amines is 1. The van der Waals surface area contributed by atoms with Gasteiger partial charge in [-0.15, -0.1) is 11.8 Å². The summed E-state index contributed by atoms with van der Waals surface area (Å²) in [4.78, 5) is 30.4. The van der Waals surface area contributed by atoms with Crippen LogP contribution in [0.25, 0.3) is 10.9 Å². The second-order valence-corrected chi connectivity index (χ2v) is 9.08. The van der Waals surface area contributed by atoms with Crippen molar-refractivity contribution < 1.29 is 19.1 Å². The summed E-state index contributed by atoms with van der Waals surface area (Å²) in [5.41, 5.74) is 1.07. The van der Waals surface area contributed by atoms with Gasteiger partial charge < -0.3 is 24.7 Å². The summed E-state index contributed by atoms with van der Waals surface area (Å²) in [6, 6.07) is 6.44. The Hall–Kier alpha value is -2.86. The first-order valence-electron chi connectivity index (χ1n) is 9.63. The van der Waals surface area contributed by atoms with Gasteiger partial charge in [0.25, 0.3) is 0 Å². The van der Waals surface area contributed by atoms with Gasteiger partial charge in [-0.3, -0.25) is 4.79 Å². The number of nitrogens with zero attached hydrogens (tertiary/aromatic N) is 2. The molecule has 9 heteroatoms. The average Bonchev–Trinajstić information content (AvgIpc) is 3.31. The van der Waals surface area contributed by atoms with Gasteiger partial charge in [0.1, 0.15) is 23.4 Å². The summed E-state index contributed by atoms with van der Waals surface area (Å²) in [6.07, 6.45) is 1.41. The molecule has 0 radical (unpaired) electrons. The predicted octanol–water partition coefficient (Wildman–Crippen LogP) is 3.04. The van der Waals surface area contributed by atoms with Gasteiger partial charge in [0.15, 0.2) is 0 Å². The lowest BCUT2D eigenvalue weighted by molar-refractivity contribution is -0.133. The normalized spacial score (nSPS) is 17.4. The van der Waals surface area contributed by atoms with Crippen LogP contribution in [0, 0.1) is 11.3 Å². The zero-order valence-electron chi connectivity index (χ0n) is 17.5. The second-order valence-electron chi connectivity index (χ2n) is 8.08. The van der Waals surface area contributed by atoms with Crippen LogP contribution in [-0.2, 0) is 16.0 Å². The zero-order chi connectivity index (χ0) is 21.9. The Kier molecular flexibility index (Phi) is 6.46. The summed E-state index contributed by atoms with van der Waals surface area (Å²) in [7, 11) is 1.59. The maximum Gasteiger partial charge on any atom is 0.408 e. The topological polar surface area (TPSA) is 107 Å². The van der Waals surface area contributed by atoms with E-state index in [4.69, 9.17) is 9.47 Å². The number of carbonyl (C=O) groups is 2. The summed E-state index contributed by atoms with van der Waals surface area (Å²) in [5, 5.41) is 13.0. The first-order valence-corrected chi connectivity index (χ1v) is 10.8. The largest absolute Gasteiger partial charge is 0.497 e. The number of rotatable bonds is 5. The molecule has 1 aliphatic heterocycles. The predicted molar refractivity (Wildman–Crippen MR) is 115 cm³/mol. The van der Waals surface area contributed by atoms with Crippen LogP contribution in [0.4, 0.5) is 4.79 Å². The van der Waals surface area contributed by atoms with Crippen LogP contribution >= 0.6 is 11.8 Å². The van der Waals surface area contributed by atoms with E-state index in [0.29, 0.717) is 17.4 Å². The first kappa shape index (κ1) is 21.8. The number of hydrogen-bond acceptors (Lipinski definition) is 6. The number of ether oxygens (including phenoxy) is 2. The number of fused-ring (bicyclic) bond motifs is 1. The number of thioether (sulfide) groups is 1. The molecule has 0 bridgehead atoms. The fourth-order valence-corrected chi connectivity index (χ4v) is 4.38. The third kappa shape index (κ3) is 5.00. The molecule has 3 rings (SSSR count). The number of alkyl carbamates (subject to hydrolysis) is 1. The van der Waals surface area contributed by atoms with Crippen LogP contribution in [0.15, 0.2) is 24.4 Å². The number of carbonyl (C=O) groups excluding carboxylic acids is 2. The Morgan fingerprint density at radius 2 is 2.20 bits per heavy atom. The van der Waals surface area contributed by atoms with E-state index in [1.165, 1.54) is 16.7 Å². The van der Waals surface area contributed by atoms with Crippen molar-refractivity contribution >= 4 is 34.7 Å². The highest BCUT2D eigenvalue weighted by atomic mass is 32.2. The molecule has 30 heavy (non-hydrogen) atoms. The lowest BCUT2D eigenvalue weighted by atomic mass is 10.0. The van der Waals surface area contributed by atoms with Gasteiger partial charge in [0.2, 0.25) is 5.91 Å². The van der Waals surface area contributed by atoms with Crippen molar-refractivity contribution in [2.45, 2.75) is 44.9 Å². The number of nitriles is 1. The quantitative estimate of drug-likeness (QED) is 0.755. The number of nitrogens with one attached hydrogen (secondary N) is 2. The molecule has 1 aromatic carbocycles. The first-order chi connectivity index (χ1) is 14.2. The summed E-state index contributed by atoms with van der Waals surface area (Å²) in [5.74, 6) is 1.39.